The predicted octanol–water partition coefficient (Wildman–Crippen LogP) is 1.55. The van der Waals surface area contributed by atoms with Crippen molar-refractivity contribution in [3.05, 3.63) is 0 Å². The molecule has 0 saturated carbocycles. The third-order valence-electron chi connectivity index (χ3n) is 1.52. The van der Waals surface area contributed by atoms with Crippen molar-refractivity contribution in [3.63, 3.8) is 0 Å². The van der Waals surface area contributed by atoms with Crippen molar-refractivity contribution in [1.82, 2.24) is 0 Å². The summed E-state index contributed by atoms with van der Waals surface area (Å²) in [6, 6.07) is 0. The van der Waals surface area contributed by atoms with E-state index in [2.05, 4.69) is 6.92 Å². The van der Waals surface area contributed by atoms with Gasteiger partial charge in [-0.25, -0.2) is 0 Å². The van der Waals surface area contributed by atoms with Crippen molar-refractivity contribution in [2.24, 2.45) is 0 Å². The SMILES string of the molecule is CCCCOC(CCO)OCC. The predicted molar refractivity (Wildman–Crippen MR) is 48.0 cm³/mol. The summed E-state index contributed by atoms with van der Waals surface area (Å²) in [4.78, 5) is 0. The number of aliphatic hydroxyl groups excluding tert-OH is 1. The molecule has 0 radical (unpaired) electrons. The van der Waals surface area contributed by atoms with Crippen LogP contribution < -0.4 is 0 Å². The summed E-state index contributed by atoms with van der Waals surface area (Å²) in [6.45, 7) is 5.52. The molecule has 12 heavy (non-hydrogen) atoms. The van der Waals surface area contributed by atoms with Gasteiger partial charge in [0.15, 0.2) is 6.29 Å². The number of hydrogen-bond acceptors (Lipinski definition) is 3. The van der Waals surface area contributed by atoms with E-state index >= 15 is 0 Å². The van der Waals surface area contributed by atoms with Gasteiger partial charge in [0.05, 0.1) is 0 Å². The number of hydrogen-bond donors (Lipinski definition) is 1. The molecule has 1 unspecified atom stereocenters. The summed E-state index contributed by atoms with van der Waals surface area (Å²) in [5.74, 6) is 0. The van der Waals surface area contributed by atoms with Crippen LogP contribution in [0.4, 0.5) is 0 Å². The monoisotopic (exact) mass is 176 g/mol. The lowest BCUT2D eigenvalue weighted by Crippen LogP contribution is -2.19. The van der Waals surface area contributed by atoms with E-state index in [1.165, 1.54) is 0 Å². The van der Waals surface area contributed by atoms with Crippen molar-refractivity contribution >= 4 is 0 Å². The molecule has 0 bridgehead atoms. The van der Waals surface area contributed by atoms with Crippen LogP contribution in [-0.4, -0.2) is 31.2 Å². The molecule has 0 aliphatic heterocycles. The molecule has 0 rings (SSSR count). The summed E-state index contributed by atoms with van der Waals surface area (Å²) in [7, 11) is 0. The van der Waals surface area contributed by atoms with Gasteiger partial charge in [-0.3, -0.25) is 0 Å². The van der Waals surface area contributed by atoms with Crippen LogP contribution >= 0.6 is 0 Å². The van der Waals surface area contributed by atoms with E-state index in [0.717, 1.165) is 19.4 Å². The molecule has 0 aromatic rings. The maximum absolute atomic E-state index is 8.66. The van der Waals surface area contributed by atoms with Gasteiger partial charge in [-0.05, 0) is 13.3 Å². The van der Waals surface area contributed by atoms with Crippen LogP contribution in [0.2, 0.25) is 0 Å². The fraction of sp³-hybridized carbons (Fsp3) is 1.00. The summed E-state index contributed by atoms with van der Waals surface area (Å²) in [6.07, 6.45) is 2.52. The second-order valence-electron chi connectivity index (χ2n) is 2.62. The third kappa shape index (κ3) is 6.58. The molecule has 1 atom stereocenters. The highest BCUT2D eigenvalue weighted by Crippen LogP contribution is 2.01. The highest BCUT2D eigenvalue weighted by molar-refractivity contribution is 4.43. The van der Waals surface area contributed by atoms with Crippen LogP contribution in [0.15, 0.2) is 0 Å². The van der Waals surface area contributed by atoms with Gasteiger partial charge in [0.1, 0.15) is 0 Å². The Morgan fingerprint density at radius 3 is 2.50 bits per heavy atom. The average molecular weight is 176 g/mol. The molecule has 0 heterocycles. The van der Waals surface area contributed by atoms with Gasteiger partial charge in [0.2, 0.25) is 0 Å². The molecule has 0 spiro atoms. The topological polar surface area (TPSA) is 38.7 Å². The summed E-state index contributed by atoms with van der Waals surface area (Å²) in [5.41, 5.74) is 0. The molecular weight excluding hydrogens is 156 g/mol. The van der Waals surface area contributed by atoms with Gasteiger partial charge in [-0.15, -0.1) is 0 Å². The molecule has 0 amide bonds. The van der Waals surface area contributed by atoms with E-state index < -0.39 is 0 Å². The van der Waals surface area contributed by atoms with Crippen LogP contribution in [0.3, 0.4) is 0 Å². The molecule has 0 aliphatic carbocycles. The maximum atomic E-state index is 8.66. The smallest absolute Gasteiger partial charge is 0.159 e. The van der Waals surface area contributed by atoms with Crippen molar-refractivity contribution in [2.75, 3.05) is 19.8 Å². The largest absolute Gasteiger partial charge is 0.396 e. The Hall–Kier alpha value is -0.120. The van der Waals surface area contributed by atoms with Gasteiger partial charge >= 0.3 is 0 Å². The normalized spacial score (nSPS) is 13.2. The minimum Gasteiger partial charge on any atom is -0.396 e. The minimum atomic E-state index is -0.216. The molecule has 0 aliphatic rings. The molecule has 74 valence electrons. The maximum Gasteiger partial charge on any atom is 0.159 e. The first-order valence-corrected chi connectivity index (χ1v) is 4.69. The van der Waals surface area contributed by atoms with Gasteiger partial charge in [-0.2, -0.15) is 0 Å². The van der Waals surface area contributed by atoms with Crippen LogP contribution in [0, 0.1) is 0 Å². The van der Waals surface area contributed by atoms with E-state index in [1.807, 2.05) is 6.92 Å². The number of ether oxygens (including phenoxy) is 2. The lowest BCUT2D eigenvalue weighted by atomic mass is 10.3. The molecule has 0 aromatic heterocycles. The molecular formula is C9H20O3. The van der Waals surface area contributed by atoms with Crippen LogP contribution in [0.1, 0.15) is 33.1 Å². The lowest BCUT2D eigenvalue weighted by Gasteiger charge is -2.16. The zero-order chi connectivity index (χ0) is 9.23. The minimum absolute atomic E-state index is 0.122. The zero-order valence-corrected chi connectivity index (χ0v) is 8.08. The first kappa shape index (κ1) is 11.9. The highest BCUT2D eigenvalue weighted by atomic mass is 16.7. The van der Waals surface area contributed by atoms with Gasteiger partial charge < -0.3 is 14.6 Å². The van der Waals surface area contributed by atoms with Crippen LogP contribution in [0.5, 0.6) is 0 Å². The number of rotatable bonds is 8. The summed E-state index contributed by atoms with van der Waals surface area (Å²) >= 11 is 0. The Kier molecular flexibility index (Phi) is 8.88. The first-order valence-electron chi connectivity index (χ1n) is 4.69. The number of unbranched alkanes of at least 4 members (excludes halogenated alkanes) is 1. The van der Waals surface area contributed by atoms with Crippen LogP contribution in [0.25, 0.3) is 0 Å². The standard InChI is InChI=1S/C9H20O3/c1-3-5-8-12-9(6-7-10)11-4-2/h9-10H,3-8H2,1-2H3. The van der Waals surface area contributed by atoms with E-state index in [4.69, 9.17) is 14.6 Å². The quantitative estimate of drug-likeness (QED) is 0.450. The van der Waals surface area contributed by atoms with E-state index in [0.29, 0.717) is 13.0 Å². The summed E-state index contributed by atoms with van der Waals surface area (Å²) < 4.78 is 10.6. The Labute approximate surface area is 74.7 Å². The lowest BCUT2D eigenvalue weighted by molar-refractivity contribution is -0.147. The van der Waals surface area contributed by atoms with Gasteiger partial charge in [0, 0.05) is 26.2 Å². The van der Waals surface area contributed by atoms with Crippen molar-refractivity contribution in [1.29, 1.82) is 0 Å². The number of aliphatic hydroxyl groups is 1. The van der Waals surface area contributed by atoms with E-state index in [9.17, 15) is 0 Å². The Morgan fingerprint density at radius 2 is 2.00 bits per heavy atom. The molecule has 3 nitrogen and oxygen atoms in total. The van der Waals surface area contributed by atoms with Gasteiger partial charge in [0.25, 0.3) is 0 Å². The van der Waals surface area contributed by atoms with E-state index in [1.54, 1.807) is 0 Å². The molecule has 0 saturated heterocycles. The first-order chi connectivity index (χ1) is 5.85. The second kappa shape index (κ2) is 8.97. The van der Waals surface area contributed by atoms with Crippen LogP contribution in [-0.2, 0) is 9.47 Å². The Bertz CT molecular complexity index is 79.8. The van der Waals surface area contributed by atoms with Crippen molar-refractivity contribution < 1.29 is 14.6 Å². The average Bonchev–Trinajstić information content (AvgIpc) is 2.06. The molecule has 0 aromatic carbocycles. The second-order valence-corrected chi connectivity index (χ2v) is 2.62. The van der Waals surface area contributed by atoms with Crippen molar-refractivity contribution in [2.45, 2.75) is 39.4 Å². The van der Waals surface area contributed by atoms with E-state index in [-0.39, 0.29) is 12.9 Å². The summed E-state index contributed by atoms with van der Waals surface area (Å²) in [5, 5.41) is 8.66. The third-order valence-corrected chi connectivity index (χ3v) is 1.52. The fourth-order valence-electron chi connectivity index (χ4n) is 0.865. The highest BCUT2D eigenvalue weighted by Gasteiger charge is 2.06. The Balaban J connectivity index is 3.34. The fourth-order valence-corrected chi connectivity index (χ4v) is 0.865. The van der Waals surface area contributed by atoms with Gasteiger partial charge in [-0.1, -0.05) is 13.3 Å². The zero-order valence-electron chi connectivity index (χ0n) is 8.08. The van der Waals surface area contributed by atoms with Crippen molar-refractivity contribution in [3.8, 4) is 0 Å². The molecule has 3 heteroatoms. The molecule has 0 fully saturated rings. The Morgan fingerprint density at radius 1 is 1.25 bits per heavy atom. The molecule has 1 N–H and O–H groups in total.